The Bertz CT molecular complexity index is 1020. The summed E-state index contributed by atoms with van der Waals surface area (Å²) in [7, 11) is 1.49. The van der Waals surface area contributed by atoms with Crippen LogP contribution in [0.2, 0.25) is 5.02 Å². The number of carbonyl (C=O) groups excluding carboxylic acids is 4. The van der Waals surface area contributed by atoms with Gasteiger partial charge in [-0.25, -0.2) is 0 Å². The minimum Gasteiger partial charge on any atom is -0.454 e. The fraction of sp³-hybridized carbons (Fsp3) is 0.158. The summed E-state index contributed by atoms with van der Waals surface area (Å²) in [6, 6.07) is 9.48. The summed E-state index contributed by atoms with van der Waals surface area (Å²) in [6.07, 6.45) is 0. The summed E-state index contributed by atoms with van der Waals surface area (Å²) in [5, 5.41) is 17.9. The van der Waals surface area contributed by atoms with Crippen LogP contribution >= 0.6 is 11.6 Å². The highest BCUT2D eigenvalue weighted by molar-refractivity contribution is 6.32. The Balaban J connectivity index is 1.79. The van der Waals surface area contributed by atoms with Crippen LogP contribution in [0.5, 0.6) is 0 Å². The lowest BCUT2D eigenvalue weighted by Gasteiger charge is -2.08. The van der Waals surface area contributed by atoms with Crippen LogP contribution in [0.15, 0.2) is 42.5 Å². The molecule has 0 bridgehead atoms. The van der Waals surface area contributed by atoms with E-state index in [0.717, 1.165) is 6.07 Å². The van der Waals surface area contributed by atoms with Gasteiger partial charge in [-0.2, -0.15) is 0 Å². The molecular weight excluding hydrogens is 432 g/mol. The van der Waals surface area contributed by atoms with E-state index in [1.165, 1.54) is 43.4 Å². The number of amides is 3. The number of nitrogens with zero attached hydrogens (tertiary/aromatic N) is 1. The monoisotopic (exact) mass is 448 g/mol. The molecule has 0 aromatic heterocycles. The summed E-state index contributed by atoms with van der Waals surface area (Å²) in [6.45, 7) is -1.15. The van der Waals surface area contributed by atoms with E-state index in [0.29, 0.717) is 11.3 Å². The van der Waals surface area contributed by atoms with Crippen molar-refractivity contribution in [2.24, 2.45) is 0 Å². The third kappa shape index (κ3) is 6.78. The molecular formula is C19H17ClN4O7. The van der Waals surface area contributed by atoms with Crippen LogP contribution in [0.4, 0.5) is 11.4 Å². The molecule has 0 atom stereocenters. The summed E-state index contributed by atoms with van der Waals surface area (Å²) in [5.41, 5.74) is 0.291. The van der Waals surface area contributed by atoms with Crippen LogP contribution in [0.25, 0.3) is 0 Å². The average Bonchev–Trinajstić information content (AvgIpc) is 2.76. The third-order valence-corrected chi connectivity index (χ3v) is 4.14. The Kier molecular flexibility index (Phi) is 8.03. The highest BCUT2D eigenvalue weighted by Gasteiger charge is 2.17. The van der Waals surface area contributed by atoms with Gasteiger partial charge in [-0.3, -0.25) is 29.3 Å². The Hall–Kier alpha value is -3.99. The van der Waals surface area contributed by atoms with Crippen molar-refractivity contribution in [3.05, 3.63) is 68.7 Å². The van der Waals surface area contributed by atoms with Gasteiger partial charge in [0, 0.05) is 29.9 Å². The number of benzene rings is 2. The minimum atomic E-state index is -0.887. The molecule has 11 nitrogen and oxygen atoms in total. The van der Waals surface area contributed by atoms with Crippen LogP contribution < -0.4 is 16.0 Å². The van der Waals surface area contributed by atoms with E-state index in [9.17, 15) is 29.3 Å². The predicted molar refractivity (Wildman–Crippen MR) is 110 cm³/mol. The molecule has 31 heavy (non-hydrogen) atoms. The molecule has 0 aliphatic rings. The van der Waals surface area contributed by atoms with Crippen LogP contribution in [0, 0.1) is 10.1 Å². The van der Waals surface area contributed by atoms with Gasteiger partial charge in [-0.15, -0.1) is 0 Å². The number of halogens is 1. The fourth-order valence-corrected chi connectivity index (χ4v) is 2.48. The average molecular weight is 449 g/mol. The SMILES string of the molecule is CNC(=O)c1ccc(NC(=O)COC(=O)CNC(=O)c2ccc(Cl)c([N+](=O)[O-])c2)cc1. The largest absolute Gasteiger partial charge is 0.454 e. The van der Waals surface area contributed by atoms with Crippen LogP contribution in [0.1, 0.15) is 20.7 Å². The summed E-state index contributed by atoms with van der Waals surface area (Å²) < 4.78 is 4.76. The lowest BCUT2D eigenvalue weighted by atomic mass is 10.2. The van der Waals surface area contributed by atoms with Crippen molar-refractivity contribution in [3.8, 4) is 0 Å². The zero-order chi connectivity index (χ0) is 23.0. The van der Waals surface area contributed by atoms with Crippen LogP contribution in [0.3, 0.4) is 0 Å². The first-order chi connectivity index (χ1) is 14.7. The first kappa shape index (κ1) is 23.3. The maximum absolute atomic E-state index is 12.0. The number of nitrogens with one attached hydrogen (secondary N) is 3. The Morgan fingerprint density at radius 3 is 2.29 bits per heavy atom. The fourth-order valence-electron chi connectivity index (χ4n) is 2.29. The van der Waals surface area contributed by atoms with E-state index < -0.39 is 41.5 Å². The normalized spacial score (nSPS) is 10.0. The minimum absolute atomic E-state index is 0.0677. The van der Waals surface area contributed by atoms with Crippen molar-refractivity contribution in [2.45, 2.75) is 0 Å². The number of hydrogen-bond acceptors (Lipinski definition) is 7. The summed E-state index contributed by atoms with van der Waals surface area (Å²) >= 11 is 5.68. The maximum Gasteiger partial charge on any atom is 0.325 e. The molecule has 0 aliphatic heterocycles. The maximum atomic E-state index is 12.0. The van der Waals surface area contributed by atoms with Crippen LogP contribution in [-0.4, -0.2) is 48.8 Å². The van der Waals surface area contributed by atoms with Gasteiger partial charge in [-0.05, 0) is 36.4 Å². The van der Waals surface area contributed by atoms with E-state index in [1.807, 2.05) is 0 Å². The smallest absolute Gasteiger partial charge is 0.325 e. The van der Waals surface area contributed by atoms with Crippen molar-refractivity contribution < 1.29 is 28.8 Å². The molecule has 0 saturated heterocycles. The van der Waals surface area contributed by atoms with E-state index in [1.54, 1.807) is 0 Å². The second-order valence-electron chi connectivity index (χ2n) is 5.97. The number of esters is 1. The molecule has 2 aromatic rings. The highest BCUT2D eigenvalue weighted by Crippen LogP contribution is 2.24. The molecule has 0 radical (unpaired) electrons. The number of hydrogen-bond donors (Lipinski definition) is 3. The molecule has 0 fully saturated rings. The van der Waals surface area contributed by atoms with Gasteiger partial charge in [0.25, 0.3) is 23.4 Å². The molecule has 0 unspecified atom stereocenters. The Morgan fingerprint density at radius 2 is 1.68 bits per heavy atom. The highest BCUT2D eigenvalue weighted by atomic mass is 35.5. The quantitative estimate of drug-likeness (QED) is 0.314. The molecule has 3 amide bonds. The van der Waals surface area contributed by atoms with Crippen molar-refractivity contribution >= 4 is 46.7 Å². The Morgan fingerprint density at radius 1 is 1.03 bits per heavy atom. The second kappa shape index (κ2) is 10.7. The lowest BCUT2D eigenvalue weighted by Crippen LogP contribution is -2.32. The Labute approximate surface area is 180 Å². The first-order valence-corrected chi connectivity index (χ1v) is 9.09. The molecule has 0 heterocycles. The predicted octanol–water partition coefficient (Wildman–Crippen LogP) is 1.52. The number of anilines is 1. The van der Waals surface area contributed by atoms with Gasteiger partial charge >= 0.3 is 5.97 Å². The van der Waals surface area contributed by atoms with E-state index in [4.69, 9.17) is 16.3 Å². The number of ether oxygens (including phenoxy) is 1. The molecule has 2 aromatic carbocycles. The van der Waals surface area contributed by atoms with Gasteiger partial charge in [-0.1, -0.05) is 11.6 Å². The second-order valence-corrected chi connectivity index (χ2v) is 6.38. The number of nitro benzene ring substituents is 1. The molecule has 3 N–H and O–H groups in total. The molecule has 0 saturated carbocycles. The van der Waals surface area contributed by atoms with Gasteiger partial charge in [0.2, 0.25) is 0 Å². The van der Waals surface area contributed by atoms with E-state index >= 15 is 0 Å². The van der Waals surface area contributed by atoms with E-state index in [-0.39, 0.29) is 16.5 Å². The topological polar surface area (TPSA) is 157 Å². The molecule has 2 rings (SSSR count). The van der Waals surface area contributed by atoms with Crippen molar-refractivity contribution in [2.75, 3.05) is 25.5 Å². The number of rotatable bonds is 8. The van der Waals surface area contributed by atoms with Crippen LogP contribution in [-0.2, 0) is 14.3 Å². The number of nitro groups is 1. The van der Waals surface area contributed by atoms with Gasteiger partial charge in [0.1, 0.15) is 11.6 Å². The van der Waals surface area contributed by atoms with Gasteiger partial charge < -0.3 is 20.7 Å². The zero-order valence-electron chi connectivity index (χ0n) is 16.1. The molecule has 162 valence electrons. The zero-order valence-corrected chi connectivity index (χ0v) is 16.9. The third-order valence-electron chi connectivity index (χ3n) is 3.82. The lowest BCUT2D eigenvalue weighted by molar-refractivity contribution is -0.384. The summed E-state index contributed by atoms with van der Waals surface area (Å²) in [5.74, 6) is -2.54. The van der Waals surface area contributed by atoms with Gasteiger partial charge in [0.15, 0.2) is 6.61 Å². The standard InChI is InChI=1S/C19H17ClN4O7/c1-21-18(27)11-2-5-13(6-3-11)23-16(25)10-31-17(26)9-22-19(28)12-4-7-14(20)15(8-12)24(29)30/h2-8H,9-10H2,1H3,(H,21,27)(H,22,28)(H,23,25). The number of carbonyl (C=O) groups is 4. The van der Waals surface area contributed by atoms with Crippen molar-refractivity contribution in [1.82, 2.24) is 10.6 Å². The molecule has 12 heteroatoms. The molecule has 0 aliphatic carbocycles. The first-order valence-electron chi connectivity index (χ1n) is 8.71. The van der Waals surface area contributed by atoms with Gasteiger partial charge in [0.05, 0.1) is 4.92 Å². The van der Waals surface area contributed by atoms with Crippen molar-refractivity contribution in [3.63, 3.8) is 0 Å². The van der Waals surface area contributed by atoms with E-state index in [2.05, 4.69) is 16.0 Å². The molecule has 0 spiro atoms. The summed E-state index contributed by atoms with van der Waals surface area (Å²) in [4.78, 5) is 57.2. The van der Waals surface area contributed by atoms with Crippen molar-refractivity contribution in [1.29, 1.82) is 0 Å².